The number of halogens is 2. The van der Waals surface area contributed by atoms with E-state index in [2.05, 4.69) is 41.4 Å². The van der Waals surface area contributed by atoms with Crippen molar-refractivity contribution in [3.8, 4) is 0 Å². The molecule has 1 saturated carbocycles. The third-order valence-corrected chi connectivity index (χ3v) is 5.43. The molecular weight excluding hydrogens is 375 g/mol. The fraction of sp³-hybridized carbons (Fsp3) is 0.714. The van der Waals surface area contributed by atoms with Gasteiger partial charge in [-0.25, -0.2) is 9.97 Å². The van der Waals surface area contributed by atoms with E-state index in [1.165, 1.54) is 12.8 Å². The zero-order valence-electron chi connectivity index (χ0n) is 11.7. The summed E-state index contributed by atoms with van der Waals surface area (Å²) in [4.78, 5) is 9.30. The van der Waals surface area contributed by atoms with Gasteiger partial charge in [0.15, 0.2) is 5.82 Å². The summed E-state index contributed by atoms with van der Waals surface area (Å²) in [6, 6.07) is 0. The molecule has 0 spiro atoms. The first-order chi connectivity index (χ1) is 9.07. The first-order valence-electron chi connectivity index (χ1n) is 6.95. The Morgan fingerprint density at radius 3 is 2.37 bits per heavy atom. The molecule has 0 bridgehead atoms. The molecule has 3 nitrogen and oxygen atoms in total. The van der Waals surface area contributed by atoms with Gasteiger partial charge in [-0.05, 0) is 55.2 Å². The molecule has 0 radical (unpaired) electrons. The van der Waals surface area contributed by atoms with Gasteiger partial charge in [0, 0.05) is 12.5 Å². The van der Waals surface area contributed by atoms with Crippen LogP contribution in [0.5, 0.6) is 0 Å². The van der Waals surface area contributed by atoms with Crippen LogP contribution in [0.15, 0.2) is 0 Å². The quantitative estimate of drug-likeness (QED) is 0.520. The lowest BCUT2D eigenvalue weighted by Crippen LogP contribution is -2.31. The molecule has 2 rings (SSSR count). The fourth-order valence-electron chi connectivity index (χ4n) is 2.38. The standard InChI is InChI=1S/C14H20ClIN2O/c1-4-14(5-2,19-6-3)13-17-11(9-7-8-9)10(16)12(15)18-13/h9H,4-8H2,1-3H3. The predicted molar refractivity (Wildman–Crippen MR) is 85.6 cm³/mol. The van der Waals surface area contributed by atoms with Gasteiger partial charge in [0.05, 0.1) is 9.26 Å². The van der Waals surface area contributed by atoms with E-state index >= 15 is 0 Å². The highest BCUT2D eigenvalue weighted by molar-refractivity contribution is 14.1. The van der Waals surface area contributed by atoms with E-state index in [1.807, 2.05) is 6.92 Å². The molecule has 0 aliphatic heterocycles. The van der Waals surface area contributed by atoms with Crippen LogP contribution in [0.1, 0.15) is 63.9 Å². The summed E-state index contributed by atoms with van der Waals surface area (Å²) in [7, 11) is 0. The minimum atomic E-state index is -0.396. The van der Waals surface area contributed by atoms with Crippen LogP contribution in [0.4, 0.5) is 0 Å². The van der Waals surface area contributed by atoms with Crippen LogP contribution in [-0.4, -0.2) is 16.6 Å². The molecule has 0 unspecified atom stereocenters. The van der Waals surface area contributed by atoms with E-state index in [4.69, 9.17) is 21.3 Å². The van der Waals surface area contributed by atoms with Crippen molar-refractivity contribution in [1.29, 1.82) is 0 Å². The Hall–Kier alpha value is 0.0600. The van der Waals surface area contributed by atoms with Gasteiger partial charge < -0.3 is 4.74 Å². The second-order valence-electron chi connectivity index (χ2n) is 4.95. The van der Waals surface area contributed by atoms with Gasteiger partial charge in [-0.15, -0.1) is 0 Å². The van der Waals surface area contributed by atoms with Crippen molar-refractivity contribution in [3.63, 3.8) is 0 Å². The first kappa shape index (κ1) is 15.4. The predicted octanol–water partition coefficient (Wildman–Crippen LogP) is 4.66. The maximum atomic E-state index is 6.30. The van der Waals surface area contributed by atoms with Crippen LogP contribution in [0.25, 0.3) is 0 Å². The molecule has 19 heavy (non-hydrogen) atoms. The highest BCUT2D eigenvalue weighted by Crippen LogP contribution is 2.43. The van der Waals surface area contributed by atoms with Gasteiger partial charge in [0.1, 0.15) is 10.8 Å². The Kier molecular flexibility index (Phi) is 5.06. The van der Waals surface area contributed by atoms with Crippen LogP contribution < -0.4 is 0 Å². The number of aromatic nitrogens is 2. The Labute approximate surface area is 133 Å². The summed E-state index contributed by atoms with van der Waals surface area (Å²) in [6.45, 7) is 6.90. The van der Waals surface area contributed by atoms with E-state index in [1.54, 1.807) is 0 Å². The molecule has 1 aromatic rings. The SMILES string of the molecule is CCOC(CC)(CC)c1nc(Cl)c(I)c(C2CC2)n1. The molecule has 0 atom stereocenters. The Balaban J connectivity index is 2.47. The van der Waals surface area contributed by atoms with E-state index in [0.29, 0.717) is 17.7 Å². The molecule has 1 fully saturated rings. The first-order valence-corrected chi connectivity index (χ1v) is 8.41. The van der Waals surface area contributed by atoms with Crippen molar-refractivity contribution < 1.29 is 4.74 Å². The van der Waals surface area contributed by atoms with Gasteiger partial charge in [0.2, 0.25) is 0 Å². The lowest BCUT2D eigenvalue weighted by Gasteiger charge is -2.30. The molecule has 5 heteroatoms. The lowest BCUT2D eigenvalue weighted by molar-refractivity contribution is -0.0573. The minimum Gasteiger partial charge on any atom is -0.367 e. The van der Waals surface area contributed by atoms with Crippen molar-refractivity contribution in [3.05, 3.63) is 20.2 Å². The lowest BCUT2D eigenvalue weighted by atomic mass is 9.95. The summed E-state index contributed by atoms with van der Waals surface area (Å²) in [5, 5.41) is 0.568. The molecule has 0 N–H and O–H groups in total. The van der Waals surface area contributed by atoms with E-state index in [9.17, 15) is 0 Å². The summed E-state index contributed by atoms with van der Waals surface area (Å²) in [5.74, 6) is 1.32. The average molecular weight is 395 g/mol. The number of ether oxygens (including phenoxy) is 1. The molecule has 1 aliphatic carbocycles. The zero-order valence-corrected chi connectivity index (χ0v) is 14.6. The summed E-state index contributed by atoms with van der Waals surface area (Å²) >= 11 is 8.55. The normalized spacial score (nSPS) is 15.8. The van der Waals surface area contributed by atoms with Gasteiger partial charge in [-0.2, -0.15) is 0 Å². The Bertz CT molecular complexity index is 459. The average Bonchev–Trinajstić information content (AvgIpc) is 3.23. The van der Waals surface area contributed by atoms with Gasteiger partial charge >= 0.3 is 0 Å². The fourth-order valence-corrected chi connectivity index (χ4v) is 3.24. The zero-order chi connectivity index (χ0) is 14.0. The van der Waals surface area contributed by atoms with Crippen molar-refractivity contribution >= 4 is 34.2 Å². The Morgan fingerprint density at radius 1 is 1.26 bits per heavy atom. The molecule has 0 aromatic carbocycles. The maximum Gasteiger partial charge on any atom is 0.162 e. The summed E-state index contributed by atoms with van der Waals surface area (Å²) in [5.41, 5.74) is 0.716. The highest BCUT2D eigenvalue weighted by atomic mass is 127. The van der Waals surface area contributed by atoms with Crippen molar-refractivity contribution in [2.75, 3.05) is 6.61 Å². The molecular formula is C14H20ClIN2O. The van der Waals surface area contributed by atoms with Gasteiger partial charge in [-0.3, -0.25) is 0 Å². The third-order valence-electron chi connectivity index (χ3n) is 3.77. The van der Waals surface area contributed by atoms with Gasteiger partial charge in [0.25, 0.3) is 0 Å². The number of hydrogen-bond acceptors (Lipinski definition) is 3. The second kappa shape index (κ2) is 6.22. The smallest absolute Gasteiger partial charge is 0.162 e. The molecule has 106 valence electrons. The molecule has 1 heterocycles. The van der Waals surface area contributed by atoms with Gasteiger partial charge in [-0.1, -0.05) is 25.4 Å². The van der Waals surface area contributed by atoms with Crippen LogP contribution in [0.2, 0.25) is 5.15 Å². The van der Waals surface area contributed by atoms with E-state index in [0.717, 1.165) is 27.9 Å². The van der Waals surface area contributed by atoms with Crippen LogP contribution in [0.3, 0.4) is 0 Å². The third kappa shape index (κ3) is 3.05. The molecule has 0 saturated heterocycles. The van der Waals surface area contributed by atoms with Crippen LogP contribution >= 0.6 is 34.2 Å². The second-order valence-corrected chi connectivity index (χ2v) is 6.38. The molecule has 1 aliphatic rings. The van der Waals surface area contributed by atoms with Crippen LogP contribution in [-0.2, 0) is 10.3 Å². The van der Waals surface area contributed by atoms with Crippen molar-refractivity contribution in [1.82, 2.24) is 9.97 Å². The van der Waals surface area contributed by atoms with Crippen molar-refractivity contribution in [2.45, 2.75) is 58.0 Å². The molecule has 1 aromatic heterocycles. The number of hydrogen-bond donors (Lipinski definition) is 0. The maximum absolute atomic E-state index is 6.30. The van der Waals surface area contributed by atoms with Crippen molar-refractivity contribution in [2.24, 2.45) is 0 Å². The van der Waals surface area contributed by atoms with E-state index in [-0.39, 0.29) is 0 Å². The van der Waals surface area contributed by atoms with Crippen LogP contribution in [0, 0.1) is 3.57 Å². The number of rotatable bonds is 6. The van der Waals surface area contributed by atoms with E-state index < -0.39 is 5.60 Å². The topological polar surface area (TPSA) is 35.0 Å². The summed E-state index contributed by atoms with van der Waals surface area (Å²) < 4.78 is 6.98. The molecule has 0 amide bonds. The number of nitrogens with zero attached hydrogens (tertiary/aromatic N) is 2. The Morgan fingerprint density at radius 2 is 1.89 bits per heavy atom. The monoisotopic (exact) mass is 394 g/mol. The largest absolute Gasteiger partial charge is 0.367 e. The highest BCUT2D eigenvalue weighted by Gasteiger charge is 2.36. The minimum absolute atomic E-state index is 0.396. The summed E-state index contributed by atoms with van der Waals surface area (Å²) in [6.07, 6.45) is 4.14.